The van der Waals surface area contributed by atoms with Gasteiger partial charge in [0.2, 0.25) is 0 Å². The van der Waals surface area contributed by atoms with Crippen LogP contribution in [0.25, 0.3) is 0 Å². The maximum absolute atomic E-state index is 5.55. The van der Waals surface area contributed by atoms with Crippen molar-refractivity contribution in [2.24, 2.45) is 5.73 Å². The molecule has 1 rings (SSSR count). The zero-order chi connectivity index (χ0) is 4.41. The summed E-state index contributed by atoms with van der Waals surface area (Å²) in [6, 6.07) is 0.574. The van der Waals surface area contributed by atoms with E-state index in [4.69, 9.17) is 5.73 Å². The summed E-state index contributed by atoms with van der Waals surface area (Å²) >= 11 is 0.916. The number of hydrogen-bond donors (Lipinski definition) is 1. The average molecular weight is 150 g/mol. The Morgan fingerprint density at radius 3 is 2.67 bits per heavy atom. The van der Waals surface area contributed by atoms with Crippen molar-refractivity contribution in [2.45, 2.75) is 23.1 Å². The van der Waals surface area contributed by atoms with Crippen molar-refractivity contribution in [3.63, 3.8) is 0 Å². The van der Waals surface area contributed by atoms with E-state index in [0.717, 1.165) is 15.0 Å². The van der Waals surface area contributed by atoms with Gasteiger partial charge in [-0.15, -0.1) is 0 Å². The van der Waals surface area contributed by atoms with Gasteiger partial charge in [0.25, 0.3) is 0 Å². The van der Waals surface area contributed by atoms with E-state index >= 15 is 0 Å². The molecule has 0 aliphatic carbocycles. The van der Waals surface area contributed by atoms with Gasteiger partial charge in [0.15, 0.2) is 0 Å². The molecule has 0 aromatic carbocycles. The van der Waals surface area contributed by atoms with Crippen molar-refractivity contribution in [3.05, 3.63) is 0 Å². The molecule has 0 aromatic heterocycles. The molecule has 1 aliphatic heterocycles. The Hall–Kier alpha value is 0.479. The van der Waals surface area contributed by atoms with Crippen LogP contribution in [0.4, 0.5) is 0 Å². The number of nitrogens with two attached hydrogens (primary N) is 1. The SMILES string of the molecule is N[C@@H]1CC[Se]C1. The van der Waals surface area contributed by atoms with E-state index in [-0.39, 0.29) is 0 Å². The minimum atomic E-state index is 0.574. The Labute approximate surface area is 44.4 Å². The van der Waals surface area contributed by atoms with E-state index in [9.17, 15) is 0 Å². The monoisotopic (exact) mass is 151 g/mol. The fourth-order valence-electron chi connectivity index (χ4n) is 0.553. The second kappa shape index (κ2) is 1.97. The predicted molar refractivity (Wildman–Crippen MR) is 28.0 cm³/mol. The summed E-state index contributed by atoms with van der Waals surface area (Å²) in [6.07, 6.45) is 1.29. The summed E-state index contributed by atoms with van der Waals surface area (Å²) in [4.78, 5) is 0. The summed E-state index contributed by atoms with van der Waals surface area (Å²) in [7, 11) is 0. The Morgan fingerprint density at radius 2 is 2.50 bits per heavy atom. The molecule has 0 bridgehead atoms. The molecule has 36 valence electrons. The molecular weight excluding hydrogens is 141 g/mol. The van der Waals surface area contributed by atoms with E-state index in [0.29, 0.717) is 6.04 Å². The van der Waals surface area contributed by atoms with Crippen LogP contribution in [0.5, 0.6) is 0 Å². The van der Waals surface area contributed by atoms with Gasteiger partial charge in [0.1, 0.15) is 0 Å². The summed E-state index contributed by atoms with van der Waals surface area (Å²) in [6.45, 7) is 0. The number of hydrogen-bond acceptors (Lipinski definition) is 1. The molecule has 6 heavy (non-hydrogen) atoms. The van der Waals surface area contributed by atoms with Crippen molar-refractivity contribution < 1.29 is 0 Å². The molecule has 1 heterocycles. The summed E-state index contributed by atoms with van der Waals surface area (Å²) in [5.74, 6) is 0. The van der Waals surface area contributed by atoms with Gasteiger partial charge in [0, 0.05) is 0 Å². The molecule has 2 N–H and O–H groups in total. The van der Waals surface area contributed by atoms with Crippen LogP contribution in [-0.4, -0.2) is 21.0 Å². The van der Waals surface area contributed by atoms with Crippen LogP contribution in [0.1, 0.15) is 6.42 Å². The first-order chi connectivity index (χ1) is 2.89. The Kier molecular flexibility index (Phi) is 1.52. The molecule has 2 heteroatoms. The molecule has 0 spiro atoms. The fourth-order valence-corrected chi connectivity index (χ4v) is 2.87. The van der Waals surface area contributed by atoms with Gasteiger partial charge >= 0.3 is 43.8 Å². The molecule has 0 radical (unpaired) electrons. The van der Waals surface area contributed by atoms with E-state index < -0.39 is 0 Å². The molecule has 0 aromatic rings. The minimum absolute atomic E-state index is 0.574. The second-order valence-electron chi connectivity index (χ2n) is 1.62. The van der Waals surface area contributed by atoms with Crippen LogP contribution in [0.2, 0.25) is 10.6 Å². The molecule has 1 nitrogen and oxygen atoms in total. The van der Waals surface area contributed by atoms with Crippen LogP contribution in [0.15, 0.2) is 0 Å². The van der Waals surface area contributed by atoms with Crippen molar-refractivity contribution in [1.29, 1.82) is 0 Å². The van der Waals surface area contributed by atoms with Gasteiger partial charge in [-0.2, -0.15) is 0 Å². The second-order valence-corrected chi connectivity index (χ2v) is 4.04. The fraction of sp³-hybridized carbons (Fsp3) is 1.00. The summed E-state index contributed by atoms with van der Waals surface area (Å²) in [5.41, 5.74) is 5.55. The van der Waals surface area contributed by atoms with E-state index in [2.05, 4.69) is 0 Å². The first kappa shape index (κ1) is 4.63. The topological polar surface area (TPSA) is 26.0 Å². The van der Waals surface area contributed by atoms with Crippen LogP contribution in [0.3, 0.4) is 0 Å². The summed E-state index contributed by atoms with van der Waals surface area (Å²) in [5, 5.41) is 2.75. The van der Waals surface area contributed by atoms with Crippen molar-refractivity contribution in [3.8, 4) is 0 Å². The Balaban J connectivity index is 2.18. The Bertz CT molecular complexity index is 40.8. The quantitative estimate of drug-likeness (QED) is 0.492. The van der Waals surface area contributed by atoms with Crippen LogP contribution < -0.4 is 5.73 Å². The van der Waals surface area contributed by atoms with Gasteiger partial charge in [-0.25, -0.2) is 0 Å². The van der Waals surface area contributed by atoms with E-state index in [1.165, 1.54) is 17.1 Å². The molecule has 0 unspecified atom stereocenters. The molecule has 1 saturated heterocycles. The molecule has 0 saturated carbocycles. The van der Waals surface area contributed by atoms with E-state index in [1.54, 1.807) is 0 Å². The first-order valence-corrected chi connectivity index (χ1v) is 4.65. The molecule has 1 atom stereocenters. The molecular formula is C4H9NSe. The van der Waals surface area contributed by atoms with Gasteiger partial charge in [0.05, 0.1) is 0 Å². The molecule has 0 amide bonds. The van der Waals surface area contributed by atoms with Crippen LogP contribution in [-0.2, 0) is 0 Å². The zero-order valence-electron chi connectivity index (χ0n) is 3.68. The third kappa shape index (κ3) is 0.969. The standard InChI is InChI=1S/C4H9NSe/c5-4-1-2-6-3-4/h4H,1-3,5H2/t4-/m1/s1. The van der Waals surface area contributed by atoms with Crippen molar-refractivity contribution in [1.82, 2.24) is 0 Å². The average Bonchev–Trinajstić information content (AvgIpc) is 1.86. The normalized spacial score (nSPS) is 34.5. The number of rotatable bonds is 0. The van der Waals surface area contributed by atoms with Gasteiger partial charge in [-0.3, -0.25) is 0 Å². The third-order valence-corrected chi connectivity index (χ3v) is 3.46. The molecule has 1 aliphatic rings. The maximum atomic E-state index is 5.55. The van der Waals surface area contributed by atoms with Crippen LogP contribution >= 0.6 is 0 Å². The van der Waals surface area contributed by atoms with Crippen LogP contribution in [0, 0.1) is 0 Å². The third-order valence-electron chi connectivity index (χ3n) is 0.965. The first-order valence-electron chi connectivity index (χ1n) is 2.23. The predicted octanol–water partition coefficient (Wildman–Crippen LogP) is 0.258. The molecule has 1 fully saturated rings. The van der Waals surface area contributed by atoms with Gasteiger partial charge < -0.3 is 0 Å². The van der Waals surface area contributed by atoms with E-state index in [1.807, 2.05) is 0 Å². The van der Waals surface area contributed by atoms with Crippen molar-refractivity contribution in [2.75, 3.05) is 0 Å². The van der Waals surface area contributed by atoms with Gasteiger partial charge in [-0.1, -0.05) is 0 Å². The summed E-state index contributed by atoms with van der Waals surface area (Å²) < 4.78 is 0. The van der Waals surface area contributed by atoms with Gasteiger partial charge in [-0.05, 0) is 0 Å². The van der Waals surface area contributed by atoms with Crippen molar-refractivity contribution >= 4 is 15.0 Å². The Morgan fingerprint density at radius 1 is 1.67 bits per heavy atom. The zero-order valence-corrected chi connectivity index (χ0v) is 5.40.